The number of hydrogen-bond acceptors (Lipinski definition) is 5. The van der Waals surface area contributed by atoms with Gasteiger partial charge in [-0.15, -0.1) is 15.3 Å². The van der Waals surface area contributed by atoms with Crippen molar-refractivity contribution in [1.82, 2.24) is 24.5 Å². The first kappa shape index (κ1) is 11.8. The molecule has 0 saturated heterocycles. The number of aromatic nitrogens is 5. The van der Waals surface area contributed by atoms with Gasteiger partial charge in [-0.25, -0.2) is 9.36 Å². The van der Waals surface area contributed by atoms with Crippen LogP contribution in [0.5, 0.6) is 0 Å². The first-order chi connectivity index (χ1) is 9.16. The molecule has 6 nitrogen and oxygen atoms in total. The minimum absolute atomic E-state index is 0.236. The van der Waals surface area contributed by atoms with E-state index in [0.717, 1.165) is 10.7 Å². The molecule has 3 rings (SSSR count). The van der Waals surface area contributed by atoms with Crippen LogP contribution in [0, 0.1) is 13.8 Å². The monoisotopic (exact) mass is 273 g/mol. The van der Waals surface area contributed by atoms with Gasteiger partial charge in [-0.2, -0.15) is 4.68 Å². The Bertz CT molecular complexity index is 771. The summed E-state index contributed by atoms with van der Waals surface area (Å²) >= 11 is 1.37. The van der Waals surface area contributed by atoms with Crippen molar-refractivity contribution in [1.29, 1.82) is 0 Å². The molecule has 0 aliphatic rings. The standard InChI is InChI=1S/C12H11N5OS/c1-8-15-17(10-6-4-3-5-7-10)12(18)16(8)11-14-13-9(2)19-11/h3-7H,1-2H3. The smallest absolute Gasteiger partial charge is 0.245 e. The molecule has 19 heavy (non-hydrogen) atoms. The quantitative estimate of drug-likeness (QED) is 0.709. The predicted octanol–water partition coefficient (Wildman–Crippen LogP) is 1.49. The molecule has 2 heterocycles. The van der Waals surface area contributed by atoms with Gasteiger partial charge in [0.2, 0.25) is 5.13 Å². The van der Waals surface area contributed by atoms with Gasteiger partial charge in [-0.05, 0) is 26.0 Å². The van der Waals surface area contributed by atoms with Crippen molar-refractivity contribution >= 4 is 11.3 Å². The minimum atomic E-state index is -0.236. The molecule has 0 spiro atoms. The third-order valence-corrected chi connectivity index (χ3v) is 3.47. The minimum Gasteiger partial charge on any atom is -0.245 e. The van der Waals surface area contributed by atoms with Crippen LogP contribution in [-0.2, 0) is 0 Å². The van der Waals surface area contributed by atoms with E-state index in [-0.39, 0.29) is 5.69 Å². The Morgan fingerprint density at radius 3 is 2.47 bits per heavy atom. The molecular weight excluding hydrogens is 262 g/mol. The third kappa shape index (κ3) is 1.97. The first-order valence-corrected chi connectivity index (χ1v) is 6.53. The number of para-hydroxylation sites is 1. The Morgan fingerprint density at radius 2 is 1.84 bits per heavy atom. The average Bonchev–Trinajstić information content (AvgIpc) is 2.95. The summed E-state index contributed by atoms with van der Waals surface area (Å²) in [6.07, 6.45) is 0. The largest absolute Gasteiger partial charge is 0.357 e. The number of hydrogen-bond donors (Lipinski definition) is 0. The van der Waals surface area contributed by atoms with Gasteiger partial charge in [0.05, 0.1) is 5.69 Å². The van der Waals surface area contributed by atoms with Gasteiger partial charge in [0.25, 0.3) is 0 Å². The fraction of sp³-hybridized carbons (Fsp3) is 0.167. The topological polar surface area (TPSA) is 65.6 Å². The molecule has 0 bridgehead atoms. The molecule has 96 valence electrons. The lowest BCUT2D eigenvalue weighted by atomic mass is 10.3. The Balaban J connectivity index is 2.19. The van der Waals surface area contributed by atoms with Gasteiger partial charge in [0.1, 0.15) is 10.8 Å². The highest BCUT2D eigenvalue weighted by atomic mass is 32.1. The van der Waals surface area contributed by atoms with Gasteiger partial charge >= 0.3 is 5.69 Å². The van der Waals surface area contributed by atoms with E-state index in [1.54, 1.807) is 6.92 Å². The lowest BCUT2D eigenvalue weighted by Gasteiger charge is -1.97. The van der Waals surface area contributed by atoms with Crippen molar-refractivity contribution in [2.45, 2.75) is 13.8 Å². The molecule has 0 atom stereocenters. The van der Waals surface area contributed by atoms with Gasteiger partial charge in [0, 0.05) is 0 Å². The Labute approximate surface area is 113 Å². The summed E-state index contributed by atoms with van der Waals surface area (Å²) in [5.74, 6) is 0.588. The summed E-state index contributed by atoms with van der Waals surface area (Å²) < 4.78 is 2.84. The van der Waals surface area contributed by atoms with E-state index >= 15 is 0 Å². The highest BCUT2D eigenvalue weighted by molar-refractivity contribution is 7.13. The van der Waals surface area contributed by atoms with E-state index in [4.69, 9.17) is 0 Å². The van der Waals surface area contributed by atoms with E-state index in [2.05, 4.69) is 15.3 Å². The Morgan fingerprint density at radius 1 is 1.11 bits per heavy atom. The molecule has 2 aromatic heterocycles. The molecule has 0 fully saturated rings. The van der Waals surface area contributed by atoms with Crippen LogP contribution < -0.4 is 5.69 Å². The summed E-state index contributed by atoms with van der Waals surface area (Å²) in [5.41, 5.74) is 0.496. The number of nitrogens with zero attached hydrogens (tertiary/aromatic N) is 5. The summed E-state index contributed by atoms with van der Waals surface area (Å²) in [4.78, 5) is 12.4. The fourth-order valence-electron chi connectivity index (χ4n) is 1.80. The van der Waals surface area contributed by atoms with Crippen molar-refractivity contribution in [2.75, 3.05) is 0 Å². The molecule has 0 unspecified atom stereocenters. The first-order valence-electron chi connectivity index (χ1n) is 5.71. The van der Waals surface area contributed by atoms with Crippen LogP contribution in [0.15, 0.2) is 35.1 Å². The van der Waals surface area contributed by atoms with Crippen molar-refractivity contribution in [3.05, 3.63) is 51.6 Å². The van der Waals surface area contributed by atoms with Crippen LogP contribution in [0.2, 0.25) is 0 Å². The fourth-order valence-corrected chi connectivity index (χ4v) is 2.53. The molecule has 0 aliphatic heterocycles. The zero-order valence-electron chi connectivity index (χ0n) is 10.4. The highest BCUT2D eigenvalue weighted by Crippen LogP contribution is 2.13. The zero-order chi connectivity index (χ0) is 13.4. The Hall–Kier alpha value is -2.28. The molecular formula is C12H11N5OS. The maximum Gasteiger partial charge on any atom is 0.357 e. The van der Waals surface area contributed by atoms with Crippen LogP contribution in [0.25, 0.3) is 10.8 Å². The van der Waals surface area contributed by atoms with Crippen molar-refractivity contribution in [2.24, 2.45) is 0 Å². The number of aryl methyl sites for hydroxylation is 2. The second-order valence-electron chi connectivity index (χ2n) is 4.02. The molecule has 7 heteroatoms. The summed E-state index contributed by atoms with van der Waals surface area (Å²) in [5, 5.41) is 13.6. The van der Waals surface area contributed by atoms with Gasteiger partial charge in [0.15, 0.2) is 0 Å². The third-order valence-electron chi connectivity index (χ3n) is 2.65. The van der Waals surface area contributed by atoms with E-state index in [9.17, 15) is 4.79 Å². The van der Waals surface area contributed by atoms with Crippen LogP contribution in [-0.4, -0.2) is 24.5 Å². The van der Waals surface area contributed by atoms with E-state index < -0.39 is 0 Å². The lowest BCUT2D eigenvalue weighted by molar-refractivity contribution is 0.823. The van der Waals surface area contributed by atoms with Gasteiger partial charge < -0.3 is 0 Å². The van der Waals surface area contributed by atoms with Crippen molar-refractivity contribution < 1.29 is 0 Å². The number of benzene rings is 1. The molecule has 1 aromatic carbocycles. The van der Waals surface area contributed by atoms with E-state index in [0.29, 0.717) is 11.0 Å². The maximum atomic E-state index is 12.4. The average molecular weight is 273 g/mol. The molecule has 0 amide bonds. The maximum absolute atomic E-state index is 12.4. The van der Waals surface area contributed by atoms with E-state index in [1.807, 2.05) is 37.3 Å². The molecule has 0 N–H and O–H groups in total. The lowest BCUT2D eigenvalue weighted by Crippen LogP contribution is -2.22. The SMILES string of the molecule is Cc1nnc(-n2c(C)nn(-c3ccccc3)c2=O)s1. The van der Waals surface area contributed by atoms with Crippen LogP contribution in [0.4, 0.5) is 0 Å². The second-order valence-corrected chi connectivity index (χ2v) is 5.18. The molecule has 0 radical (unpaired) electrons. The van der Waals surface area contributed by atoms with Crippen LogP contribution in [0.1, 0.15) is 10.8 Å². The second kappa shape index (κ2) is 4.43. The van der Waals surface area contributed by atoms with Gasteiger partial charge in [-0.3, -0.25) is 0 Å². The molecule has 3 aromatic rings. The van der Waals surface area contributed by atoms with Crippen LogP contribution >= 0.6 is 11.3 Å². The van der Waals surface area contributed by atoms with E-state index in [1.165, 1.54) is 20.6 Å². The molecule has 0 aliphatic carbocycles. The predicted molar refractivity (Wildman–Crippen MR) is 72.1 cm³/mol. The van der Waals surface area contributed by atoms with Crippen molar-refractivity contribution in [3.8, 4) is 10.8 Å². The normalized spacial score (nSPS) is 10.8. The van der Waals surface area contributed by atoms with Crippen LogP contribution in [0.3, 0.4) is 0 Å². The zero-order valence-corrected chi connectivity index (χ0v) is 11.3. The van der Waals surface area contributed by atoms with Crippen molar-refractivity contribution in [3.63, 3.8) is 0 Å². The highest BCUT2D eigenvalue weighted by Gasteiger charge is 2.15. The molecule has 0 saturated carbocycles. The summed E-state index contributed by atoms with van der Waals surface area (Å²) in [6, 6.07) is 9.30. The Kier molecular flexibility index (Phi) is 2.75. The number of rotatable bonds is 2. The van der Waals surface area contributed by atoms with Gasteiger partial charge in [-0.1, -0.05) is 29.5 Å². The summed E-state index contributed by atoms with van der Waals surface area (Å²) in [7, 11) is 0. The summed E-state index contributed by atoms with van der Waals surface area (Å²) in [6.45, 7) is 3.63.